The van der Waals surface area contributed by atoms with Gasteiger partial charge in [0.05, 0.1) is 24.2 Å². The molecule has 2 saturated heterocycles. The molecule has 3 heterocycles. The van der Waals surface area contributed by atoms with Crippen LogP contribution in [0.2, 0.25) is 0 Å². The molecular formula is C41H62BN5O7. The first-order chi connectivity index (χ1) is 25.6. The molecule has 1 aromatic carbocycles. The van der Waals surface area contributed by atoms with Crippen LogP contribution in [0.3, 0.4) is 0 Å². The van der Waals surface area contributed by atoms with Crippen LogP contribution in [0.1, 0.15) is 117 Å². The summed E-state index contributed by atoms with van der Waals surface area (Å²) in [5.41, 5.74) is 1.58. The van der Waals surface area contributed by atoms with Gasteiger partial charge in [0.2, 0.25) is 11.8 Å². The summed E-state index contributed by atoms with van der Waals surface area (Å²) < 4.78 is 19.4. The zero-order valence-electron chi connectivity index (χ0n) is 33.5. The molecule has 0 radical (unpaired) electrons. The highest BCUT2D eigenvalue weighted by Crippen LogP contribution is 2.65. The number of ether oxygens (including phenoxy) is 1. The van der Waals surface area contributed by atoms with Crippen LogP contribution in [0.4, 0.5) is 9.59 Å². The molecule has 0 aromatic heterocycles. The first-order valence-corrected chi connectivity index (χ1v) is 20.6. The van der Waals surface area contributed by atoms with E-state index in [-0.39, 0.29) is 42.2 Å². The van der Waals surface area contributed by atoms with Gasteiger partial charge in [0.25, 0.3) is 0 Å². The van der Waals surface area contributed by atoms with E-state index in [4.69, 9.17) is 14.0 Å². The SMILES string of the molecule is CC[C@H](NC(=O)[C@@H]1C[C@@H](OC(=O)N2CCc3ccccc3C2)CN1C(=O)[C@@H](NC(=O)NC(C)(C)C)C1CCCCC1)B1O[C@@H]2C[C@@H]3C[C@@H](C3(C)C)[C@]2(C)O1. The van der Waals surface area contributed by atoms with Crippen LogP contribution < -0.4 is 16.0 Å². The summed E-state index contributed by atoms with van der Waals surface area (Å²) in [5, 5.41) is 9.17. The number of hydrogen-bond donors (Lipinski definition) is 3. The lowest BCUT2D eigenvalue weighted by molar-refractivity contribution is -0.199. The second-order valence-electron chi connectivity index (χ2n) is 18.8. The number of rotatable bonds is 8. The molecule has 4 aliphatic carbocycles. The summed E-state index contributed by atoms with van der Waals surface area (Å²) in [6.07, 6.45) is 7.00. The predicted octanol–water partition coefficient (Wildman–Crippen LogP) is 5.36. The van der Waals surface area contributed by atoms with E-state index in [9.17, 15) is 19.2 Å². The third kappa shape index (κ3) is 7.60. The Kier molecular flexibility index (Phi) is 10.8. The molecule has 13 heteroatoms. The molecule has 6 fully saturated rings. The van der Waals surface area contributed by atoms with E-state index in [0.29, 0.717) is 31.3 Å². The lowest BCUT2D eigenvalue weighted by Crippen LogP contribution is -2.65. The van der Waals surface area contributed by atoms with Gasteiger partial charge in [-0.2, -0.15) is 0 Å². The van der Waals surface area contributed by atoms with Crippen molar-refractivity contribution < 1.29 is 33.2 Å². The Labute approximate surface area is 321 Å². The lowest BCUT2D eigenvalue weighted by Gasteiger charge is -2.64. The van der Waals surface area contributed by atoms with Crippen molar-refractivity contribution in [1.82, 2.24) is 25.8 Å². The van der Waals surface area contributed by atoms with Crippen LogP contribution in [0.15, 0.2) is 24.3 Å². The average molecular weight is 748 g/mol. The van der Waals surface area contributed by atoms with Gasteiger partial charge >= 0.3 is 19.2 Å². The fourth-order valence-corrected chi connectivity index (χ4v) is 10.5. The van der Waals surface area contributed by atoms with Gasteiger partial charge in [-0.05, 0) is 101 Å². The molecule has 7 aliphatic rings. The second-order valence-corrected chi connectivity index (χ2v) is 18.8. The van der Waals surface area contributed by atoms with E-state index < -0.39 is 54.5 Å². The fraction of sp³-hybridized carbons (Fsp3) is 0.756. The Morgan fingerprint density at radius 3 is 2.41 bits per heavy atom. The van der Waals surface area contributed by atoms with E-state index in [1.165, 1.54) is 5.56 Å². The normalized spacial score (nSPS) is 31.4. The summed E-state index contributed by atoms with van der Waals surface area (Å²) in [6.45, 7) is 15.5. The molecule has 5 amide bonds. The summed E-state index contributed by atoms with van der Waals surface area (Å²) in [4.78, 5) is 59.4. The Morgan fingerprint density at radius 2 is 1.72 bits per heavy atom. The van der Waals surface area contributed by atoms with Crippen molar-refractivity contribution in [2.45, 2.75) is 161 Å². The van der Waals surface area contributed by atoms with Gasteiger partial charge in [0.1, 0.15) is 18.2 Å². The molecule has 8 rings (SSSR count). The fourth-order valence-electron chi connectivity index (χ4n) is 10.5. The van der Waals surface area contributed by atoms with Gasteiger partial charge in [-0.3, -0.25) is 9.59 Å². The molecule has 1 aromatic rings. The maximum atomic E-state index is 14.8. The van der Waals surface area contributed by atoms with E-state index in [0.717, 1.165) is 56.9 Å². The average Bonchev–Trinajstić information content (AvgIpc) is 3.72. The van der Waals surface area contributed by atoms with Crippen LogP contribution in [0, 0.1) is 23.2 Å². The highest BCUT2D eigenvalue weighted by atomic mass is 16.7. The van der Waals surface area contributed by atoms with Gasteiger partial charge in [-0.15, -0.1) is 0 Å². The first-order valence-electron chi connectivity index (χ1n) is 20.6. The number of hydrogen-bond acceptors (Lipinski definition) is 7. The third-order valence-corrected chi connectivity index (χ3v) is 13.7. The number of urea groups is 1. The molecule has 296 valence electrons. The van der Waals surface area contributed by atoms with Gasteiger partial charge < -0.3 is 39.8 Å². The van der Waals surface area contributed by atoms with Crippen LogP contribution in [0.25, 0.3) is 0 Å². The number of carbonyl (C=O) groups excluding carboxylic acids is 4. The first kappa shape index (κ1) is 38.9. The molecule has 0 spiro atoms. The number of likely N-dealkylation sites (tertiary alicyclic amines) is 1. The second kappa shape index (κ2) is 15.0. The predicted molar refractivity (Wildman–Crippen MR) is 205 cm³/mol. The molecule has 0 unspecified atom stereocenters. The topological polar surface area (TPSA) is 139 Å². The van der Waals surface area contributed by atoms with E-state index >= 15 is 0 Å². The minimum Gasteiger partial charge on any atom is -0.444 e. The Bertz CT molecular complexity index is 1600. The van der Waals surface area contributed by atoms with Gasteiger partial charge in [-0.25, -0.2) is 9.59 Å². The van der Waals surface area contributed by atoms with Crippen molar-refractivity contribution in [3.05, 3.63) is 35.4 Å². The van der Waals surface area contributed by atoms with E-state index in [1.807, 2.05) is 45.9 Å². The molecule has 3 N–H and O–H groups in total. The number of fused-ring (bicyclic) bond motifs is 1. The third-order valence-electron chi connectivity index (χ3n) is 13.7. The van der Waals surface area contributed by atoms with Crippen molar-refractivity contribution in [2.24, 2.45) is 23.2 Å². The smallest absolute Gasteiger partial charge is 0.444 e. The highest BCUT2D eigenvalue weighted by Gasteiger charge is 2.68. The Hall–Kier alpha value is -3.32. The quantitative estimate of drug-likeness (QED) is 0.305. The molecule has 12 nitrogen and oxygen atoms in total. The number of benzene rings is 1. The largest absolute Gasteiger partial charge is 0.481 e. The van der Waals surface area contributed by atoms with Crippen molar-refractivity contribution in [1.29, 1.82) is 0 Å². The molecule has 8 atom stereocenters. The number of nitrogens with zero attached hydrogens (tertiary/aromatic N) is 2. The minimum absolute atomic E-state index is 0.0260. The molecule has 3 aliphatic heterocycles. The molecular weight excluding hydrogens is 685 g/mol. The zero-order chi connectivity index (χ0) is 38.6. The van der Waals surface area contributed by atoms with Gasteiger partial charge in [0.15, 0.2) is 0 Å². The van der Waals surface area contributed by atoms with Crippen LogP contribution >= 0.6 is 0 Å². The summed E-state index contributed by atoms with van der Waals surface area (Å²) in [6, 6.07) is 5.95. The molecule has 2 bridgehead atoms. The summed E-state index contributed by atoms with van der Waals surface area (Å²) in [5.74, 6) is -0.168. The summed E-state index contributed by atoms with van der Waals surface area (Å²) in [7, 11) is -0.608. The monoisotopic (exact) mass is 747 g/mol. The summed E-state index contributed by atoms with van der Waals surface area (Å²) >= 11 is 0. The van der Waals surface area contributed by atoms with Crippen LogP contribution in [-0.4, -0.2) is 95.3 Å². The Balaban J connectivity index is 1.09. The maximum absolute atomic E-state index is 14.8. The van der Waals surface area contributed by atoms with E-state index in [1.54, 1.807) is 9.80 Å². The minimum atomic E-state index is -0.906. The maximum Gasteiger partial charge on any atom is 0.481 e. The Morgan fingerprint density at radius 1 is 1.00 bits per heavy atom. The number of amides is 5. The van der Waals surface area contributed by atoms with Crippen molar-refractivity contribution in [2.75, 3.05) is 13.1 Å². The standard InChI is InChI=1S/C41H62BN5O7/c1-8-33(42-53-32-21-28-20-31(40(28,5)6)41(32,7)54-42)43-35(48)30-22-29(52-38(51)46-19-18-25-14-12-13-17-27(25)23-46)24-47(30)36(49)34(26-15-10-9-11-16-26)44-37(50)45-39(2,3)4/h12-14,17,26,28-34H,8-11,15-16,18-24H2,1-7H3,(H,43,48)(H2,44,45,50)/t28-,29+,30-,31-,32+,33-,34-,41-/m0/s1. The van der Waals surface area contributed by atoms with Crippen LogP contribution in [-0.2, 0) is 36.6 Å². The van der Waals surface area contributed by atoms with Crippen molar-refractivity contribution in [3.8, 4) is 0 Å². The lowest BCUT2D eigenvalue weighted by atomic mass is 9.43. The van der Waals surface area contributed by atoms with Crippen molar-refractivity contribution in [3.63, 3.8) is 0 Å². The zero-order valence-corrected chi connectivity index (χ0v) is 33.5. The molecule has 4 saturated carbocycles. The highest BCUT2D eigenvalue weighted by molar-refractivity contribution is 6.47. The van der Waals surface area contributed by atoms with Crippen LogP contribution in [0.5, 0.6) is 0 Å². The van der Waals surface area contributed by atoms with Crippen molar-refractivity contribution >= 4 is 31.1 Å². The number of nitrogens with one attached hydrogen (secondary N) is 3. The van der Waals surface area contributed by atoms with Gasteiger partial charge in [0, 0.05) is 25.0 Å². The van der Waals surface area contributed by atoms with E-state index in [2.05, 4.69) is 42.8 Å². The molecule has 54 heavy (non-hydrogen) atoms. The van der Waals surface area contributed by atoms with Gasteiger partial charge in [-0.1, -0.05) is 64.3 Å². The number of carbonyl (C=O) groups is 4.